The molecule has 1 unspecified atom stereocenters. The molecule has 1 aromatic heterocycles. The van der Waals surface area contributed by atoms with E-state index in [2.05, 4.69) is 20.6 Å². The summed E-state index contributed by atoms with van der Waals surface area (Å²) >= 11 is 0. The third kappa shape index (κ3) is 2.18. The second-order valence-corrected chi connectivity index (χ2v) is 5.69. The van der Waals surface area contributed by atoms with Gasteiger partial charge in [0, 0.05) is 37.4 Å². The molecule has 1 aliphatic carbocycles. The Labute approximate surface area is 111 Å². The molecule has 19 heavy (non-hydrogen) atoms. The number of aryl methyl sites for hydroxylation is 1. The summed E-state index contributed by atoms with van der Waals surface area (Å²) in [6.45, 7) is 2.73. The first-order valence-corrected chi connectivity index (χ1v) is 6.66. The van der Waals surface area contributed by atoms with Crippen LogP contribution in [-0.2, 0) is 0 Å². The molecule has 1 atom stereocenters. The van der Waals surface area contributed by atoms with Gasteiger partial charge in [-0.05, 0) is 25.8 Å². The molecule has 0 amide bonds. The van der Waals surface area contributed by atoms with Crippen LogP contribution in [0.3, 0.4) is 0 Å². The fraction of sp³-hybridized carbons (Fsp3) is 0.692. The minimum Gasteiger partial charge on any atom is -0.351 e. The zero-order valence-corrected chi connectivity index (χ0v) is 10.9. The van der Waals surface area contributed by atoms with E-state index in [1.165, 1.54) is 0 Å². The average Bonchev–Trinajstić information content (AvgIpc) is 2.25. The summed E-state index contributed by atoms with van der Waals surface area (Å²) in [5.41, 5.74) is 0.0262. The molecule has 6 heteroatoms. The molecule has 2 heterocycles. The fourth-order valence-electron chi connectivity index (χ4n) is 2.95. The molecule has 1 saturated heterocycles. The van der Waals surface area contributed by atoms with Gasteiger partial charge in [-0.2, -0.15) is 0 Å². The maximum absolute atomic E-state index is 14.2. The maximum atomic E-state index is 14.2. The van der Waals surface area contributed by atoms with E-state index in [0.717, 1.165) is 12.1 Å². The highest BCUT2D eigenvalue weighted by Crippen LogP contribution is 2.50. The third-order valence-electron chi connectivity index (χ3n) is 4.30. The minimum atomic E-state index is -2.61. The molecule has 3 rings (SSSR count). The summed E-state index contributed by atoms with van der Waals surface area (Å²) in [7, 11) is 0. The van der Waals surface area contributed by atoms with Crippen molar-refractivity contribution in [2.24, 2.45) is 5.41 Å². The van der Waals surface area contributed by atoms with Gasteiger partial charge in [0.25, 0.3) is 5.92 Å². The molecule has 0 radical (unpaired) electrons. The summed E-state index contributed by atoms with van der Waals surface area (Å²) in [6, 6.07) is 1.54. The summed E-state index contributed by atoms with van der Waals surface area (Å²) in [5.74, 6) is -2.17. The SMILES string of the molecule is Cc1ccnc(NC2CCC3(CNC3)C(F)(F)C2)n1. The van der Waals surface area contributed by atoms with Crippen LogP contribution in [0.1, 0.15) is 25.0 Å². The zero-order valence-electron chi connectivity index (χ0n) is 10.9. The molecule has 0 aromatic carbocycles. The second kappa shape index (κ2) is 4.37. The molecule has 1 aromatic rings. The van der Waals surface area contributed by atoms with Gasteiger partial charge in [-0.25, -0.2) is 18.7 Å². The summed E-state index contributed by atoms with van der Waals surface area (Å²) in [4.78, 5) is 8.28. The van der Waals surface area contributed by atoms with Crippen molar-refractivity contribution in [3.05, 3.63) is 18.0 Å². The predicted octanol–water partition coefficient (Wildman–Crippen LogP) is 1.97. The smallest absolute Gasteiger partial charge is 0.258 e. The van der Waals surface area contributed by atoms with Gasteiger partial charge in [-0.15, -0.1) is 0 Å². The maximum Gasteiger partial charge on any atom is 0.258 e. The number of halogens is 2. The number of aromatic nitrogens is 2. The van der Waals surface area contributed by atoms with Gasteiger partial charge in [0.15, 0.2) is 0 Å². The van der Waals surface area contributed by atoms with E-state index < -0.39 is 11.3 Å². The highest BCUT2D eigenvalue weighted by atomic mass is 19.3. The quantitative estimate of drug-likeness (QED) is 0.861. The van der Waals surface area contributed by atoms with Crippen LogP contribution in [0.4, 0.5) is 14.7 Å². The molecule has 1 saturated carbocycles. The van der Waals surface area contributed by atoms with E-state index >= 15 is 0 Å². The average molecular weight is 268 g/mol. The monoisotopic (exact) mass is 268 g/mol. The van der Waals surface area contributed by atoms with Crippen LogP contribution in [0.25, 0.3) is 0 Å². The van der Waals surface area contributed by atoms with Crippen molar-refractivity contribution in [1.82, 2.24) is 15.3 Å². The van der Waals surface area contributed by atoms with Gasteiger partial charge in [0.2, 0.25) is 5.95 Å². The first-order valence-electron chi connectivity index (χ1n) is 6.66. The number of nitrogens with one attached hydrogen (secondary N) is 2. The standard InChI is InChI=1S/C13H18F2N4/c1-9-3-5-17-11(18-9)19-10-2-4-12(7-16-8-12)13(14,15)6-10/h3,5,10,16H,2,4,6-8H2,1H3,(H,17,18,19). The molecular formula is C13H18F2N4. The van der Waals surface area contributed by atoms with Gasteiger partial charge >= 0.3 is 0 Å². The van der Waals surface area contributed by atoms with Crippen LogP contribution in [-0.4, -0.2) is 35.0 Å². The van der Waals surface area contributed by atoms with Crippen LogP contribution < -0.4 is 10.6 Å². The third-order valence-corrected chi connectivity index (χ3v) is 4.30. The van der Waals surface area contributed by atoms with E-state index in [4.69, 9.17) is 0 Å². The van der Waals surface area contributed by atoms with Crippen molar-refractivity contribution in [1.29, 1.82) is 0 Å². The molecule has 104 valence electrons. The van der Waals surface area contributed by atoms with Crippen molar-refractivity contribution in [3.8, 4) is 0 Å². The predicted molar refractivity (Wildman–Crippen MR) is 68.3 cm³/mol. The summed E-state index contributed by atoms with van der Waals surface area (Å²) in [6.07, 6.45) is 2.81. The van der Waals surface area contributed by atoms with E-state index in [-0.39, 0.29) is 12.5 Å². The van der Waals surface area contributed by atoms with E-state index in [1.807, 2.05) is 6.92 Å². The van der Waals surface area contributed by atoms with Gasteiger partial charge in [0.1, 0.15) is 0 Å². The number of anilines is 1. The fourth-order valence-corrected chi connectivity index (χ4v) is 2.95. The molecule has 2 aliphatic rings. The first-order chi connectivity index (χ1) is 9.01. The Morgan fingerprint density at radius 1 is 1.42 bits per heavy atom. The number of hydrogen-bond donors (Lipinski definition) is 2. The number of alkyl halides is 2. The van der Waals surface area contributed by atoms with E-state index in [0.29, 0.717) is 25.5 Å². The van der Waals surface area contributed by atoms with Gasteiger partial charge < -0.3 is 10.6 Å². The largest absolute Gasteiger partial charge is 0.351 e. The highest BCUT2D eigenvalue weighted by Gasteiger charge is 2.59. The number of hydrogen-bond acceptors (Lipinski definition) is 4. The number of rotatable bonds is 2. The van der Waals surface area contributed by atoms with Crippen LogP contribution in [0, 0.1) is 12.3 Å². The lowest BCUT2D eigenvalue weighted by Crippen LogP contribution is -2.65. The lowest BCUT2D eigenvalue weighted by molar-refractivity contribution is -0.174. The molecule has 2 N–H and O–H groups in total. The van der Waals surface area contributed by atoms with Crippen LogP contribution >= 0.6 is 0 Å². The van der Waals surface area contributed by atoms with Crippen molar-refractivity contribution in [3.63, 3.8) is 0 Å². The van der Waals surface area contributed by atoms with E-state index in [1.54, 1.807) is 12.3 Å². The van der Waals surface area contributed by atoms with Gasteiger partial charge in [-0.1, -0.05) is 0 Å². The number of nitrogens with zero attached hydrogens (tertiary/aromatic N) is 2. The van der Waals surface area contributed by atoms with Gasteiger partial charge in [0.05, 0.1) is 5.41 Å². The molecule has 4 nitrogen and oxygen atoms in total. The Balaban J connectivity index is 1.68. The van der Waals surface area contributed by atoms with Crippen molar-refractivity contribution in [2.75, 3.05) is 18.4 Å². The Morgan fingerprint density at radius 2 is 2.21 bits per heavy atom. The topological polar surface area (TPSA) is 49.8 Å². The Kier molecular flexibility index (Phi) is 2.92. The minimum absolute atomic E-state index is 0.133. The molecular weight excluding hydrogens is 250 g/mol. The highest BCUT2D eigenvalue weighted by molar-refractivity contribution is 5.27. The van der Waals surface area contributed by atoms with Crippen LogP contribution in [0.5, 0.6) is 0 Å². The molecule has 1 aliphatic heterocycles. The van der Waals surface area contributed by atoms with Crippen LogP contribution in [0.2, 0.25) is 0 Å². The summed E-state index contributed by atoms with van der Waals surface area (Å²) in [5, 5.41) is 6.01. The van der Waals surface area contributed by atoms with E-state index in [9.17, 15) is 8.78 Å². The lowest BCUT2D eigenvalue weighted by atomic mass is 9.65. The van der Waals surface area contributed by atoms with Crippen molar-refractivity contribution < 1.29 is 8.78 Å². The molecule has 2 fully saturated rings. The molecule has 1 spiro atoms. The summed E-state index contributed by atoms with van der Waals surface area (Å²) < 4.78 is 28.4. The van der Waals surface area contributed by atoms with Crippen molar-refractivity contribution >= 4 is 5.95 Å². The van der Waals surface area contributed by atoms with Crippen molar-refractivity contribution in [2.45, 2.75) is 38.2 Å². The van der Waals surface area contributed by atoms with Gasteiger partial charge in [-0.3, -0.25) is 0 Å². The van der Waals surface area contributed by atoms with Crippen LogP contribution in [0.15, 0.2) is 12.3 Å². The molecule has 0 bridgehead atoms. The second-order valence-electron chi connectivity index (χ2n) is 5.69. The first kappa shape index (κ1) is 12.7. The Bertz CT molecular complexity index is 473. The zero-order chi connectivity index (χ0) is 13.5. The Hall–Kier alpha value is -1.30. The Morgan fingerprint density at radius 3 is 2.79 bits per heavy atom. The normalized spacial score (nSPS) is 27.8. The lowest BCUT2D eigenvalue weighted by Gasteiger charge is -2.52.